The third-order valence-electron chi connectivity index (χ3n) is 5.07. The molecule has 8 heteroatoms. The number of benzene rings is 1. The van der Waals surface area contributed by atoms with Gasteiger partial charge in [0.1, 0.15) is 5.69 Å². The molecule has 2 amide bonds. The minimum absolute atomic E-state index is 0.0294. The van der Waals surface area contributed by atoms with Gasteiger partial charge in [-0.2, -0.15) is 0 Å². The standard InChI is InChI=1S/C21H26N4O4/c1-4-13(2)22-19(26)17-16-10-5-6-11-25(16)18(24-17)20(27)23-15-9-7-8-14(12-15)21(28)29-3/h7-9,12-13H,4-6,10-11H2,1-3H3,(H,22,26)(H,23,27). The summed E-state index contributed by atoms with van der Waals surface area (Å²) < 4.78 is 6.54. The number of fused-ring (bicyclic) bond motifs is 1. The Morgan fingerprint density at radius 2 is 2.03 bits per heavy atom. The van der Waals surface area contributed by atoms with E-state index in [2.05, 4.69) is 15.6 Å². The lowest BCUT2D eigenvalue weighted by molar-refractivity contribution is 0.0600. The number of aromatic nitrogens is 2. The van der Waals surface area contributed by atoms with Crippen molar-refractivity contribution >= 4 is 23.5 Å². The smallest absolute Gasteiger partial charge is 0.337 e. The number of esters is 1. The van der Waals surface area contributed by atoms with Gasteiger partial charge >= 0.3 is 5.97 Å². The van der Waals surface area contributed by atoms with Gasteiger partial charge in [-0.05, 0) is 50.8 Å². The van der Waals surface area contributed by atoms with Crippen LogP contribution in [0.25, 0.3) is 0 Å². The normalized spacial score (nSPS) is 13.9. The number of nitrogens with one attached hydrogen (secondary N) is 2. The van der Waals surface area contributed by atoms with Gasteiger partial charge in [-0.25, -0.2) is 9.78 Å². The molecular weight excluding hydrogens is 372 g/mol. The molecule has 1 aliphatic heterocycles. The maximum atomic E-state index is 12.9. The number of rotatable bonds is 6. The number of hydrogen-bond acceptors (Lipinski definition) is 5. The highest BCUT2D eigenvalue weighted by molar-refractivity contribution is 6.04. The molecule has 1 unspecified atom stereocenters. The van der Waals surface area contributed by atoms with Gasteiger partial charge in [-0.1, -0.05) is 13.0 Å². The van der Waals surface area contributed by atoms with E-state index in [0.717, 1.165) is 25.0 Å². The predicted octanol–water partition coefficient (Wildman–Crippen LogP) is 2.79. The molecule has 0 radical (unpaired) electrons. The highest BCUT2D eigenvalue weighted by atomic mass is 16.5. The number of hydrogen-bond donors (Lipinski definition) is 2. The van der Waals surface area contributed by atoms with Crippen molar-refractivity contribution < 1.29 is 19.1 Å². The average Bonchev–Trinajstić information content (AvgIpc) is 3.13. The highest BCUT2D eigenvalue weighted by Crippen LogP contribution is 2.22. The van der Waals surface area contributed by atoms with Gasteiger partial charge < -0.3 is 19.9 Å². The van der Waals surface area contributed by atoms with Gasteiger partial charge in [0.05, 0.1) is 18.4 Å². The first-order valence-electron chi connectivity index (χ1n) is 9.84. The molecule has 3 rings (SSSR count). The highest BCUT2D eigenvalue weighted by Gasteiger charge is 2.28. The fraction of sp³-hybridized carbons (Fsp3) is 0.429. The molecule has 0 saturated heterocycles. The second kappa shape index (κ2) is 8.89. The SMILES string of the molecule is CCC(C)NC(=O)c1nc(C(=O)Nc2cccc(C(=O)OC)c2)n2c1CCCC2. The Hall–Kier alpha value is -3.16. The number of amides is 2. The summed E-state index contributed by atoms with van der Waals surface area (Å²) in [4.78, 5) is 41.7. The Kier molecular flexibility index (Phi) is 6.31. The van der Waals surface area contributed by atoms with Crippen molar-refractivity contribution in [1.82, 2.24) is 14.9 Å². The molecule has 29 heavy (non-hydrogen) atoms. The summed E-state index contributed by atoms with van der Waals surface area (Å²) in [5, 5.41) is 5.70. The molecule has 0 bridgehead atoms. The number of anilines is 1. The van der Waals surface area contributed by atoms with Crippen molar-refractivity contribution in [3.63, 3.8) is 0 Å². The van der Waals surface area contributed by atoms with Crippen LogP contribution in [0.5, 0.6) is 0 Å². The van der Waals surface area contributed by atoms with Gasteiger partial charge in [0.2, 0.25) is 0 Å². The summed E-state index contributed by atoms with van der Waals surface area (Å²) in [7, 11) is 1.30. The molecule has 1 aromatic heterocycles. The van der Waals surface area contributed by atoms with Crippen LogP contribution in [0.15, 0.2) is 24.3 Å². The Balaban J connectivity index is 1.87. The number of imidazole rings is 1. The van der Waals surface area contributed by atoms with Crippen LogP contribution in [-0.2, 0) is 17.7 Å². The first-order valence-corrected chi connectivity index (χ1v) is 9.84. The number of carbonyl (C=O) groups excluding carboxylic acids is 3. The minimum atomic E-state index is -0.483. The van der Waals surface area contributed by atoms with E-state index in [1.54, 1.807) is 24.3 Å². The average molecular weight is 398 g/mol. The van der Waals surface area contributed by atoms with Crippen LogP contribution in [0, 0.1) is 0 Å². The van der Waals surface area contributed by atoms with E-state index in [4.69, 9.17) is 4.74 Å². The third kappa shape index (κ3) is 4.47. The summed E-state index contributed by atoms with van der Waals surface area (Å²) in [5.74, 6) is -0.949. The van der Waals surface area contributed by atoms with Crippen LogP contribution >= 0.6 is 0 Å². The van der Waals surface area contributed by atoms with Crippen LogP contribution in [0.4, 0.5) is 5.69 Å². The third-order valence-corrected chi connectivity index (χ3v) is 5.07. The molecule has 2 N–H and O–H groups in total. The largest absolute Gasteiger partial charge is 0.465 e. The molecule has 1 aliphatic rings. The van der Waals surface area contributed by atoms with Crippen LogP contribution in [0.2, 0.25) is 0 Å². The summed E-state index contributed by atoms with van der Waals surface area (Å²) in [6.45, 7) is 4.57. The van der Waals surface area contributed by atoms with Crippen molar-refractivity contribution in [2.75, 3.05) is 12.4 Å². The zero-order valence-corrected chi connectivity index (χ0v) is 16.9. The van der Waals surface area contributed by atoms with Crippen molar-refractivity contribution in [1.29, 1.82) is 0 Å². The van der Waals surface area contributed by atoms with Crippen molar-refractivity contribution in [2.24, 2.45) is 0 Å². The van der Waals surface area contributed by atoms with Gasteiger partial charge in [0.15, 0.2) is 5.82 Å². The molecule has 0 fully saturated rings. The lowest BCUT2D eigenvalue weighted by atomic mass is 10.1. The van der Waals surface area contributed by atoms with E-state index in [1.807, 2.05) is 18.4 Å². The van der Waals surface area contributed by atoms with Crippen LogP contribution in [0.1, 0.15) is 70.3 Å². The Labute approximate surface area is 169 Å². The topological polar surface area (TPSA) is 102 Å². The number of ether oxygens (including phenoxy) is 1. The van der Waals surface area contributed by atoms with Gasteiger partial charge in [-0.3, -0.25) is 9.59 Å². The zero-order chi connectivity index (χ0) is 21.0. The van der Waals surface area contributed by atoms with Crippen LogP contribution in [0.3, 0.4) is 0 Å². The Morgan fingerprint density at radius 1 is 1.24 bits per heavy atom. The number of nitrogens with zero attached hydrogens (tertiary/aromatic N) is 2. The van der Waals surface area contributed by atoms with E-state index in [9.17, 15) is 14.4 Å². The molecule has 154 valence electrons. The quantitative estimate of drug-likeness (QED) is 0.729. The Bertz CT molecular complexity index is 935. The van der Waals surface area contributed by atoms with Crippen LogP contribution < -0.4 is 10.6 Å². The fourth-order valence-corrected chi connectivity index (χ4v) is 3.32. The monoisotopic (exact) mass is 398 g/mol. The van der Waals surface area contributed by atoms with E-state index < -0.39 is 11.9 Å². The van der Waals surface area contributed by atoms with Gasteiger partial charge in [0.25, 0.3) is 11.8 Å². The number of carbonyl (C=O) groups is 3. The van der Waals surface area contributed by atoms with Gasteiger partial charge in [-0.15, -0.1) is 0 Å². The summed E-state index contributed by atoms with van der Waals surface area (Å²) in [5.41, 5.74) is 1.91. The first kappa shape index (κ1) is 20.6. The predicted molar refractivity (Wildman–Crippen MR) is 108 cm³/mol. The molecular formula is C21H26N4O4. The molecule has 0 saturated carbocycles. The van der Waals surface area contributed by atoms with E-state index >= 15 is 0 Å². The second-order valence-electron chi connectivity index (χ2n) is 7.15. The van der Waals surface area contributed by atoms with Crippen LogP contribution in [-0.4, -0.2) is 40.5 Å². The summed E-state index contributed by atoms with van der Waals surface area (Å²) in [6.07, 6.45) is 3.40. The Morgan fingerprint density at radius 3 is 2.76 bits per heavy atom. The summed E-state index contributed by atoms with van der Waals surface area (Å²) >= 11 is 0. The van der Waals surface area contributed by atoms with E-state index in [1.165, 1.54) is 7.11 Å². The molecule has 8 nitrogen and oxygen atoms in total. The fourth-order valence-electron chi connectivity index (χ4n) is 3.32. The zero-order valence-electron chi connectivity index (χ0n) is 16.9. The summed E-state index contributed by atoms with van der Waals surface area (Å²) in [6, 6.07) is 6.52. The maximum absolute atomic E-state index is 12.9. The molecule has 0 spiro atoms. The molecule has 2 aromatic rings. The van der Waals surface area contributed by atoms with Gasteiger partial charge in [0, 0.05) is 18.3 Å². The van der Waals surface area contributed by atoms with E-state index in [0.29, 0.717) is 29.9 Å². The second-order valence-corrected chi connectivity index (χ2v) is 7.15. The van der Waals surface area contributed by atoms with Crippen molar-refractivity contribution in [3.8, 4) is 0 Å². The minimum Gasteiger partial charge on any atom is -0.465 e. The number of methoxy groups -OCH3 is 1. The lowest BCUT2D eigenvalue weighted by Crippen LogP contribution is -2.33. The maximum Gasteiger partial charge on any atom is 0.337 e. The molecule has 1 aromatic carbocycles. The molecule has 2 heterocycles. The van der Waals surface area contributed by atoms with Crippen molar-refractivity contribution in [3.05, 3.63) is 47.0 Å². The lowest BCUT2D eigenvalue weighted by Gasteiger charge is -2.17. The first-order chi connectivity index (χ1) is 13.9. The van der Waals surface area contributed by atoms with Crippen molar-refractivity contribution in [2.45, 2.75) is 52.1 Å². The molecule has 1 atom stereocenters. The molecule has 0 aliphatic carbocycles. The van der Waals surface area contributed by atoms with E-state index in [-0.39, 0.29) is 17.8 Å².